The highest BCUT2D eigenvalue weighted by molar-refractivity contribution is 8.26. The fraction of sp³-hybridized carbons (Fsp3) is 0.353. The average molecular weight is 429 g/mol. The number of nitrogens with zero attached hydrogens (tertiary/aromatic N) is 2. The molecule has 0 saturated carbocycles. The summed E-state index contributed by atoms with van der Waals surface area (Å²) < 4.78 is 36.4. The second-order valence-electron chi connectivity index (χ2n) is 6.38. The van der Waals surface area contributed by atoms with Gasteiger partial charge in [-0.2, -0.15) is 0 Å². The molecule has 27 heavy (non-hydrogen) atoms. The Morgan fingerprint density at radius 1 is 1.41 bits per heavy atom. The maximum absolute atomic E-state index is 13.0. The molecular formula is C17H17FN2O4S3. The number of carbonyl (C=O) groups excluding carboxylic acids is 2. The minimum atomic E-state index is -3.11. The molecule has 3 rings (SSSR count). The van der Waals surface area contributed by atoms with Gasteiger partial charge in [-0.3, -0.25) is 14.5 Å². The summed E-state index contributed by atoms with van der Waals surface area (Å²) in [5.74, 6) is -1.12. The first-order chi connectivity index (χ1) is 12.7. The van der Waals surface area contributed by atoms with Gasteiger partial charge < -0.3 is 4.90 Å². The minimum absolute atomic E-state index is 0.0574. The highest BCUT2D eigenvalue weighted by Crippen LogP contribution is 2.32. The molecule has 2 fully saturated rings. The van der Waals surface area contributed by atoms with Crippen molar-refractivity contribution in [2.24, 2.45) is 0 Å². The lowest BCUT2D eigenvalue weighted by atomic mass is 10.2. The summed E-state index contributed by atoms with van der Waals surface area (Å²) >= 11 is 6.28. The van der Waals surface area contributed by atoms with Crippen LogP contribution in [0.4, 0.5) is 4.39 Å². The first-order valence-electron chi connectivity index (χ1n) is 8.13. The van der Waals surface area contributed by atoms with E-state index >= 15 is 0 Å². The zero-order valence-corrected chi connectivity index (χ0v) is 16.9. The van der Waals surface area contributed by atoms with Gasteiger partial charge in [0.25, 0.3) is 5.91 Å². The number of halogens is 1. The van der Waals surface area contributed by atoms with E-state index in [0.29, 0.717) is 16.9 Å². The normalized spacial score (nSPS) is 23.3. The molecule has 1 aromatic rings. The van der Waals surface area contributed by atoms with Crippen LogP contribution >= 0.6 is 24.0 Å². The molecule has 10 heteroatoms. The van der Waals surface area contributed by atoms with Crippen molar-refractivity contribution in [3.8, 4) is 0 Å². The van der Waals surface area contributed by atoms with Crippen LogP contribution in [0.3, 0.4) is 0 Å². The van der Waals surface area contributed by atoms with Gasteiger partial charge in [0.15, 0.2) is 9.84 Å². The van der Waals surface area contributed by atoms with Crippen molar-refractivity contribution in [1.29, 1.82) is 0 Å². The molecule has 144 valence electrons. The number of thiocarbonyl (C=S) groups is 1. The fourth-order valence-electron chi connectivity index (χ4n) is 2.88. The van der Waals surface area contributed by atoms with Crippen LogP contribution in [0.25, 0.3) is 6.08 Å². The summed E-state index contributed by atoms with van der Waals surface area (Å²) in [4.78, 5) is 28.0. The standard InChI is InChI=1S/C17H17FN2O4S3/c1-19(13-6-7-27(23,24)10-13)15(21)9-20-16(22)14(26-17(20)25)8-11-2-4-12(18)5-3-11/h2-5,8,13H,6-7,9-10H2,1H3. The number of sulfone groups is 1. The highest BCUT2D eigenvalue weighted by Gasteiger charge is 2.37. The van der Waals surface area contributed by atoms with Crippen LogP contribution in [0, 0.1) is 5.82 Å². The number of rotatable bonds is 4. The van der Waals surface area contributed by atoms with Gasteiger partial charge in [0.2, 0.25) is 5.91 Å². The van der Waals surface area contributed by atoms with Crippen molar-refractivity contribution in [3.05, 3.63) is 40.6 Å². The van der Waals surface area contributed by atoms with Crippen molar-refractivity contribution in [3.63, 3.8) is 0 Å². The van der Waals surface area contributed by atoms with Crippen LogP contribution in [0.2, 0.25) is 0 Å². The molecule has 1 aromatic carbocycles. The Kier molecular flexibility index (Phi) is 5.68. The third-order valence-corrected chi connectivity index (χ3v) is 7.61. The zero-order valence-electron chi connectivity index (χ0n) is 14.4. The van der Waals surface area contributed by atoms with E-state index in [0.717, 1.165) is 11.8 Å². The van der Waals surface area contributed by atoms with E-state index in [9.17, 15) is 22.4 Å². The first-order valence-corrected chi connectivity index (χ1v) is 11.2. The molecule has 2 aliphatic rings. The molecule has 0 aromatic heterocycles. The SMILES string of the molecule is CN(C(=O)CN1C(=O)C(=Cc2ccc(F)cc2)SC1=S)C1CCS(=O)(=O)C1. The second-order valence-corrected chi connectivity index (χ2v) is 10.3. The summed E-state index contributed by atoms with van der Waals surface area (Å²) in [7, 11) is -1.57. The van der Waals surface area contributed by atoms with Crippen LogP contribution < -0.4 is 0 Å². The number of thioether (sulfide) groups is 1. The van der Waals surface area contributed by atoms with Gasteiger partial charge in [-0.25, -0.2) is 12.8 Å². The van der Waals surface area contributed by atoms with Crippen LogP contribution in [0.1, 0.15) is 12.0 Å². The first kappa shape index (κ1) is 20.0. The Balaban J connectivity index is 1.68. The van der Waals surface area contributed by atoms with Gasteiger partial charge in [-0.15, -0.1) is 0 Å². The van der Waals surface area contributed by atoms with Gasteiger partial charge in [0, 0.05) is 13.1 Å². The molecule has 2 aliphatic heterocycles. The molecule has 0 N–H and O–H groups in total. The predicted octanol–water partition coefficient (Wildman–Crippen LogP) is 1.67. The lowest BCUT2D eigenvalue weighted by molar-refractivity contribution is -0.135. The molecule has 1 atom stereocenters. The van der Waals surface area contributed by atoms with Crippen LogP contribution in [-0.2, 0) is 19.4 Å². The Bertz CT molecular complexity index is 928. The lowest BCUT2D eigenvalue weighted by Gasteiger charge is -2.25. The Hall–Kier alpha value is -1.78. The monoisotopic (exact) mass is 428 g/mol. The van der Waals surface area contributed by atoms with Gasteiger partial charge in [0.1, 0.15) is 16.7 Å². The Labute approximate surface area is 166 Å². The molecular weight excluding hydrogens is 411 g/mol. The number of carbonyl (C=O) groups is 2. The second kappa shape index (κ2) is 7.69. The van der Waals surface area contributed by atoms with Crippen LogP contribution in [0.5, 0.6) is 0 Å². The molecule has 1 unspecified atom stereocenters. The number of hydrogen-bond acceptors (Lipinski definition) is 6. The summed E-state index contributed by atoms with van der Waals surface area (Å²) in [6.07, 6.45) is 1.99. The van der Waals surface area contributed by atoms with E-state index in [-0.39, 0.29) is 40.1 Å². The maximum Gasteiger partial charge on any atom is 0.266 e. The summed E-state index contributed by atoms with van der Waals surface area (Å²) in [6, 6.07) is 5.29. The van der Waals surface area contributed by atoms with Crippen LogP contribution in [-0.4, -0.2) is 65.5 Å². The molecule has 0 aliphatic carbocycles. The third kappa shape index (κ3) is 4.56. The number of likely N-dealkylation sites (N-methyl/N-ethyl adjacent to an activating group) is 1. The zero-order chi connectivity index (χ0) is 19.8. The van der Waals surface area contributed by atoms with Crippen molar-refractivity contribution in [2.75, 3.05) is 25.1 Å². The molecule has 2 saturated heterocycles. The van der Waals surface area contributed by atoms with E-state index in [4.69, 9.17) is 12.2 Å². The van der Waals surface area contributed by atoms with E-state index < -0.39 is 15.7 Å². The predicted molar refractivity (Wildman–Crippen MR) is 106 cm³/mol. The lowest BCUT2D eigenvalue weighted by Crippen LogP contribution is -2.45. The van der Waals surface area contributed by atoms with E-state index in [1.807, 2.05) is 0 Å². The van der Waals surface area contributed by atoms with Crippen molar-refractivity contribution < 1.29 is 22.4 Å². The molecule has 0 bridgehead atoms. The molecule has 0 spiro atoms. The summed E-state index contributed by atoms with van der Waals surface area (Å²) in [6.45, 7) is -0.238. The fourth-order valence-corrected chi connectivity index (χ4v) is 5.91. The van der Waals surface area contributed by atoms with Crippen molar-refractivity contribution in [2.45, 2.75) is 12.5 Å². The third-order valence-electron chi connectivity index (χ3n) is 4.48. The minimum Gasteiger partial charge on any atom is -0.340 e. The smallest absolute Gasteiger partial charge is 0.266 e. The molecule has 2 heterocycles. The van der Waals surface area contributed by atoms with E-state index in [1.165, 1.54) is 21.9 Å². The van der Waals surface area contributed by atoms with Gasteiger partial charge in [0.05, 0.1) is 16.4 Å². The van der Waals surface area contributed by atoms with Crippen molar-refractivity contribution in [1.82, 2.24) is 9.80 Å². The van der Waals surface area contributed by atoms with Gasteiger partial charge in [-0.1, -0.05) is 36.1 Å². The molecule has 0 radical (unpaired) electrons. The summed E-state index contributed by atoms with van der Waals surface area (Å²) in [5.41, 5.74) is 0.650. The Morgan fingerprint density at radius 2 is 2.07 bits per heavy atom. The largest absolute Gasteiger partial charge is 0.340 e. The molecule has 2 amide bonds. The topological polar surface area (TPSA) is 74.8 Å². The Morgan fingerprint density at radius 3 is 2.67 bits per heavy atom. The average Bonchev–Trinajstić information content (AvgIpc) is 3.10. The number of benzene rings is 1. The number of hydrogen-bond donors (Lipinski definition) is 0. The maximum atomic E-state index is 13.0. The summed E-state index contributed by atoms with van der Waals surface area (Å²) in [5, 5.41) is 0. The van der Waals surface area contributed by atoms with E-state index in [1.54, 1.807) is 25.3 Å². The van der Waals surface area contributed by atoms with Crippen LogP contribution in [0.15, 0.2) is 29.2 Å². The number of amides is 2. The molecule has 6 nitrogen and oxygen atoms in total. The highest BCUT2D eigenvalue weighted by atomic mass is 32.2. The van der Waals surface area contributed by atoms with E-state index in [2.05, 4.69) is 0 Å². The van der Waals surface area contributed by atoms with Gasteiger partial charge in [-0.05, 0) is 30.2 Å². The van der Waals surface area contributed by atoms with Gasteiger partial charge >= 0.3 is 0 Å². The van der Waals surface area contributed by atoms with Crippen molar-refractivity contribution >= 4 is 56.0 Å². The quantitative estimate of drug-likeness (QED) is 0.537.